The van der Waals surface area contributed by atoms with E-state index in [4.69, 9.17) is 10.0 Å². The monoisotopic (exact) mass is 1750 g/mol. The molecule has 0 aliphatic carbocycles. The molecule has 9 nitrogen and oxygen atoms in total. The summed E-state index contributed by atoms with van der Waals surface area (Å²) in [5.74, 6) is -0.401. The van der Waals surface area contributed by atoms with Crippen LogP contribution >= 0.6 is 31.9 Å². The van der Waals surface area contributed by atoms with E-state index >= 15 is 0 Å². The van der Waals surface area contributed by atoms with E-state index in [0.717, 1.165) is 54.2 Å². The second-order valence-electron chi connectivity index (χ2n) is 31.7. The molecular formula is C106H86BBr2F3N4O5S. The van der Waals surface area contributed by atoms with Gasteiger partial charge in [0.25, 0.3) is 0 Å². The molecule has 0 atom stereocenters. The highest BCUT2D eigenvalue weighted by molar-refractivity contribution is 9.10. The highest BCUT2D eigenvalue weighted by atomic mass is 79.9. The van der Waals surface area contributed by atoms with Gasteiger partial charge in [0, 0.05) is 65.4 Å². The van der Waals surface area contributed by atoms with Gasteiger partial charge in [0.15, 0.2) is 0 Å². The predicted octanol–water partition coefficient (Wildman–Crippen LogP) is 28.6. The maximum atomic E-state index is 12.8. The number of hydrogen-bond acceptors (Lipinski definition) is 9. The van der Waals surface area contributed by atoms with Crippen molar-refractivity contribution in [3.05, 3.63) is 443 Å². The van der Waals surface area contributed by atoms with Gasteiger partial charge in [-0.25, -0.2) is 0 Å². The van der Waals surface area contributed by atoms with Crippen LogP contribution in [-0.4, -0.2) is 31.1 Å². The first kappa shape index (κ1) is 82.9. The Labute approximate surface area is 729 Å². The number of benzene rings is 16. The number of para-hydroxylation sites is 6. The fourth-order valence-electron chi connectivity index (χ4n) is 16.8. The van der Waals surface area contributed by atoms with Crippen molar-refractivity contribution in [2.75, 3.05) is 19.6 Å². The van der Waals surface area contributed by atoms with Crippen LogP contribution in [0.1, 0.15) is 74.9 Å². The topological polar surface area (TPSA) is 96.8 Å². The van der Waals surface area contributed by atoms with Crippen LogP contribution in [0.15, 0.2) is 409 Å². The van der Waals surface area contributed by atoms with Gasteiger partial charge in [0.2, 0.25) is 0 Å². The first-order valence-corrected chi connectivity index (χ1v) is 43.2. The Balaban J connectivity index is 0.000000136. The molecular weight excluding hydrogens is 1670 g/mol. The van der Waals surface area contributed by atoms with Crippen molar-refractivity contribution in [3.63, 3.8) is 0 Å². The Morgan fingerprint density at radius 2 is 0.607 bits per heavy atom. The lowest BCUT2D eigenvalue weighted by molar-refractivity contribution is -0.0500. The summed E-state index contributed by atoms with van der Waals surface area (Å²) >= 11 is 6.82. The number of rotatable bonds is 13. The maximum Gasteiger partial charge on any atom is 0.534 e. The molecule has 3 aliphatic heterocycles. The standard InChI is InChI=1S/C51H40N2.C27H22BrN.C22H18F3NO3S.C6H6BBrO2/c1-51(2)47-23-12-13-24-49(47)53(43-20-10-5-11-21-43)50-36-42(29-34-48(50)51)41-19-14-22-46(35-41)52(44-30-25-39(26-31-44)37-15-6-3-7-16-37)45-32-27-40(28-33-45)38-17-8-4-9-18-38;1-27(2)23-13-6-7-14-25(23)29(22-11-4-3-5-12-22)26-18-20(15-16-24(26)27)19-9-8-10-21(28)17-19;1-21(2)17-10-6-7-11-19(17)26(15-8-4-3-5-9-15)20-14-16(12-13-18(20)21)29-30(27,28)22(23,24)25;8-6-3-1-2-5(4-6)7(9)10/h3-36H,1-2H3;3-18H,1-2H3;3-14H,1-2H3;1-4,9-10H. The van der Waals surface area contributed by atoms with Crippen molar-refractivity contribution < 1.29 is 35.8 Å². The van der Waals surface area contributed by atoms with Gasteiger partial charge in [-0.1, -0.05) is 334 Å². The normalized spacial score (nSPS) is 13.5. The summed E-state index contributed by atoms with van der Waals surface area (Å²) in [4.78, 5) is 9.08. The highest BCUT2D eigenvalue weighted by Gasteiger charge is 2.49. The molecule has 0 unspecified atom stereocenters. The van der Waals surface area contributed by atoms with Crippen LogP contribution in [-0.2, 0) is 26.4 Å². The summed E-state index contributed by atoms with van der Waals surface area (Å²) in [7, 11) is -7.14. The fourth-order valence-corrected chi connectivity index (χ4v) is 18.0. The van der Waals surface area contributed by atoms with E-state index in [0.29, 0.717) is 11.2 Å². The quantitative estimate of drug-likeness (QED) is 0.0665. The molecule has 0 aromatic heterocycles. The smallest absolute Gasteiger partial charge is 0.423 e. The first-order chi connectivity index (χ1) is 58.8. The van der Waals surface area contributed by atoms with E-state index in [9.17, 15) is 21.6 Å². The van der Waals surface area contributed by atoms with Gasteiger partial charge < -0.3 is 33.8 Å². The second-order valence-corrected chi connectivity index (χ2v) is 35.1. The molecule has 16 aromatic carbocycles. The molecule has 0 bridgehead atoms. The van der Waals surface area contributed by atoms with Gasteiger partial charge in [0.1, 0.15) is 5.75 Å². The molecule has 3 aliphatic rings. The molecule has 604 valence electrons. The largest absolute Gasteiger partial charge is 0.534 e. The molecule has 122 heavy (non-hydrogen) atoms. The van der Waals surface area contributed by atoms with Crippen molar-refractivity contribution in [1.29, 1.82) is 0 Å². The summed E-state index contributed by atoms with van der Waals surface area (Å²) in [6.45, 7) is 13.4. The lowest BCUT2D eigenvalue weighted by Crippen LogP contribution is -2.31. The van der Waals surface area contributed by atoms with E-state index in [1.807, 2.05) is 79.4 Å². The molecule has 0 spiro atoms. The summed E-state index contributed by atoms with van der Waals surface area (Å²) in [5, 5.41) is 17.4. The van der Waals surface area contributed by atoms with Gasteiger partial charge in [-0.05, 0) is 217 Å². The third kappa shape index (κ3) is 16.9. The zero-order valence-corrected chi connectivity index (χ0v) is 71.9. The van der Waals surface area contributed by atoms with Crippen LogP contribution in [0.5, 0.6) is 5.75 Å². The van der Waals surface area contributed by atoms with E-state index in [1.165, 1.54) is 107 Å². The molecule has 3 heterocycles. The molecule has 16 heteroatoms. The Morgan fingerprint density at radius 1 is 0.303 bits per heavy atom. The lowest BCUT2D eigenvalue weighted by atomic mass is 9.73. The van der Waals surface area contributed by atoms with Gasteiger partial charge in [-0.2, -0.15) is 21.6 Å². The summed E-state index contributed by atoms with van der Waals surface area (Å²) in [5.41, 5.74) is 24.0. The van der Waals surface area contributed by atoms with Crippen molar-refractivity contribution in [2.24, 2.45) is 0 Å². The number of halogens is 5. The summed E-state index contributed by atoms with van der Waals surface area (Å²) < 4.78 is 67.7. The predicted molar refractivity (Wildman–Crippen MR) is 503 cm³/mol. The van der Waals surface area contributed by atoms with Crippen LogP contribution < -0.4 is 29.2 Å². The maximum absolute atomic E-state index is 12.8. The van der Waals surface area contributed by atoms with E-state index in [1.54, 1.807) is 24.3 Å². The van der Waals surface area contributed by atoms with Crippen LogP contribution in [0.25, 0.3) is 44.5 Å². The van der Waals surface area contributed by atoms with Gasteiger partial charge in [-0.3, -0.25) is 0 Å². The summed E-state index contributed by atoms with van der Waals surface area (Å²) in [6, 6.07) is 137. The molecule has 16 aromatic rings. The van der Waals surface area contributed by atoms with Crippen molar-refractivity contribution >= 4 is 123 Å². The number of hydrogen-bond donors (Lipinski definition) is 2. The van der Waals surface area contributed by atoms with Gasteiger partial charge >= 0.3 is 22.7 Å². The molecule has 0 saturated carbocycles. The average Bonchev–Trinajstić information content (AvgIpc) is 0.732. The minimum absolute atomic E-state index is 0.0625. The molecule has 0 radical (unpaired) electrons. The zero-order valence-electron chi connectivity index (χ0n) is 67.9. The van der Waals surface area contributed by atoms with Crippen molar-refractivity contribution in [3.8, 4) is 50.3 Å². The summed E-state index contributed by atoms with van der Waals surface area (Å²) in [6.07, 6.45) is 0. The average molecular weight is 1760 g/mol. The van der Waals surface area contributed by atoms with Crippen molar-refractivity contribution in [1.82, 2.24) is 0 Å². The van der Waals surface area contributed by atoms with Gasteiger partial charge in [0.05, 0.1) is 34.1 Å². The molecule has 0 saturated heterocycles. The molecule has 19 rings (SSSR count). The number of nitrogens with zero attached hydrogens (tertiary/aromatic N) is 4. The first-order valence-electron chi connectivity index (χ1n) is 40.2. The molecule has 2 N–H and O–H groups in total. The van der Waals surface area contributed by atoms with Crippen LogP contribution in [0.4, 0.5) is 81.4 Å². The molecule has 0 amide bonds. The van der Waals surface area contributed by atoms with Gasteiger partial charge in [-0.15, -0.1) is 0 Å². The zero-order chi connectivity index (χ0) is 85.1. The van der Waals surface area contributed by atoms with Crippen LogP contribution in [0, 0.1) is 0 Å². The van der Waals surface area contributed by atoms with Crippen LogP contribution in [0.2, 0.25) is 0 Å². The minimum Gasteiger partial charge on any atom is -0.423 e. The number of alkyl halides is 3. The third-order valence-electron chi connectivity index (χ3n) is 22.9. The number of fused-ring (bicyclic) bond motifs is 6. The van der Waals surface area contributed by atoms with E-state index < -0.39 is 33.9 Å². The van der Waals surface area contributed by atoms with Crippen molar-refractivity contribution in [2.45, 2.75) is 63.3 Å². The Bertz CT molecular complexity index is 6470. The van der Waals surface area contributed by atoms with E-state index in [-0.39, 0.29) is 10.8 Å². The Morgan fingerprint density at radius 3 is 0.984 bits per heavy atom. The van der Waals surface area contributed by atoms with E-state index in [2.05, 4.69) is 382 Å². The third-order valence-corrected chi connectivity index (χ3v) is 24.9. The Hall–Kier alpha value is -12.8. The van der Waals surface area contributed by atoms with Crippen LogP contribution in [0.3, 0.4) is 0 Å². The minimum atomic E-state index is -5.77. The second kappa shape index (κ2) is 34.7. The Kier molecular flexibility index (Phi) is 23.6. The number of anilines is 12. The SMILES string of the molecule is CC1(C)c2ccccc2N(c2ccccc2)c2cc(-c3cccc(Br)c3)ccc21.CC1(C)c2ccccc2N(c2ccccc2)c2cc(-c3cccc(N(c4ccc(-c5ccccc5)cc4)c4ccc(-c5ccccc5)cc4)c3)ccc21.CC1(C)c2ccccc2N(c2ccccc2)c2cc(OS(=O)(=O)C(F)(F)F)ccc21.OB(O)c1cccc(Br)c1. The molecule has 0 fully saturated rings. The lowest BCUT2D eigenvalue weighted by Gasteiger charge is -2.42. The highest BCUT2D eigenvalue weighted by Crippen LogP contribution is 2.57. The fraction of sp³-hybridized carbons (Fsp3) is 0.0943.